The van der Waals surface area contributed by atoms with E-state index in [4.69, 9.17) is 21.4 Å². The van der Waals surface area contributed by atoms with E-state index in [-0.39, 0.29) is 30.7 Å². The molecule has 0 saturated heterocycles. The van der Waals surface area contributed by atoms with Crippen LogP contribution in [0.25, 0.3) is 0 Å². The number of halogens is 1. The standard InChI is InChI=1S/C16H21ClN2O3/c1-10(2)22-15-13(17)4-3-5-14(15)19-16(21)18-12-7-6-11(8-12)9-20/h3-7,10-12,20H,8-9H2,1-2H3,(H2,18,19,21)/t11-,12+/m0/s1. The van der Waals surface area contributed by atoms with Gasteiger partial charge in [0.2, 0.25) is 0 Å². The van der Waals surface area contributed by atoms with Gasteiger partial charge in [0.05, 0.1) is 16.8 Å². The second-order valence-corrected chi connectivity index (χ2v) is 5.96. The molecule has 6 heteroatoms. The molecule has 2 atom stereocenters. The van der Waals surface area contributed by atoms with E-state index in [0.717, 1.165) is 0 Å². The molecule has 0 saturated carbocycles. The minimum absolute atomic E-state index is 0.0495. The number of aliphatic hydroxyl groups excluding tert-OH is 1. The number of para-hydroxylation sites is 1. The predicted molar refractivity (Wildman–Crippen MR) is 87.5 cm³/mol. The zero-order chi connectivity index (χ0) is 16.1. The normalized spacial score (nSPS) is 20.2. The average Bonchev–Trinajstić information content (AvgIpc) is 2.90. The van der Waals surface area contributed by atoms with Crippen LogP contribution in [0, 0.1) is 5.92 Å². The fraction of sp³-hybridized carbons (Fsp3) is 0.438. The van der Waals surface area contributed by atoms with Crippen molar-refractivity contribution in [1.82, 2.24) is 5.32 Å². The van der Waals surface area contributed by atoms with Crippen molar-refractivity contribution in [3.8, 4) is 5.75 Å². The van der Waals surface area contributed by atoms with Gasteiger partial charge in [-0.25, -0.2) is 4.79 Å². The first-order valence-corrected chi connectivity index (χ1v) is 7.69. The number of ether oxygens (including phenoxy) is 1. The predicted octanol–water partition coefficient (Wildman–Crippen LogP) is 3.19. The van der Waals surface area contributed by atoms with E-state index in [2.05, 4.69) is 10.6 Å². The van der Waals surface area contributed by atoms with Crippen LogP contribution >= 0.6 is 11.6 Å². The summed E-state index contributed by atoms with van der Waals surface area (Å²) in [4.78, 5) is 12.1. The highest BCUT2D eigenvalue weighted by molar-refractivity contribution is 6.32. The first kappa shape index (κ1) is 16.6. The largest absolute Gasteiger partial charge is 0.487 e. The quantitative estimate of drug-likeness (QED) is 0.728. The summed E-state index contributed by atoms with van der Waals surface area (Å²) in [5.41, 5.74) is 0.527. The van der Waals surface area contributed by atoms with E-state index < -0.39 is 0 Å². The van der Waals surface area contributed by atoms with Gasteiger partial charge in [-0.2, -0.15) is 0 Å². The molecule has 3 N–H and O–H groups in total. The van der Waals surface area contributed by atoms with Crippen LogP contribution in [0.2, 0.25) is 5.02 Å². The van der Waals surface area contributed by atoms with Gasteiger partial charge in [-0.3, -0.25) is 0 Å². The summed E-state index contributed by atoms with van der Waals surface area (Å²) < 4.78 is 5.66. The second kappa shape index (κ2) is 7.51. The Labute approximate surface area is 135 Å². The van der Waals surface area contributed by atoms with E-state index in [1.54, 1.807) is 18.2 Å². The van der Waals surface area contributed by atoms with Crippen LogP contribution in [0.4, 0.5) is 10.5 Å². The lowest BCUT2D eigenvalue weighted by atomic mass is 10.1. The molecule has 0 heterocycles. The Morgan fingerprint density at radius 3 is 2.86 bits per heavy atom. The third kappa shape index (κ3) is 4.39. The van der Waals surface area contributed by atoms with Crippen LogP contribution in [0.1, 0.15) is 20.3 Å². The van der Waals surface area contributed by atoms with Crippen molar-refractivity contribution >= 4 is 23.3 Å². The fourth-order valence-corrected chi connectivity index (χ4v) is 2.53. The molecule has 0 fully saturated rings. The van der Waals surface area contributed by atoms with Crippen LogP contribution in [-0.2, 0) is 0 Å². The lowest BCUT2D eigenvalue weighted by molar-refractivity contribution is 0.237. The van der Waals surface area contributed by atoms with Gasteiger partial charge in [0.25, 0.3) is 0 Å². The minimum Gasteiger partial charge on any atom is -0.487 e. The Hall–Kier alpha value is -1.72. The zero-order valence-electron chi connectivity index (χ0n) is 12.7. The maximum absolute atomic E-state index is 12.1. The molecule has 0 aliphatic heterocycles. The Bertz CT molecular complexity index is 560. The third-order valence-corrected chi connectivity index (χ3v) is 3.59. The molecule has 2 amide bonds. The number of amides is 2. The summed E-state index contributed by atoms with van der Waals surface area (Å²) in [5.74, 6) is 0.570. The van der Waals surface area contributed by atoms with Gasteiger partial charge in [0.1, 0.15) is 0 Å². The van der Waals surface area contributed by atoms with Gasteiger partial charge < -0.3 is 20.5 Å². The summed E-state index contributed by atoms with van der Waals surface area (Å²) >= 11 is 6.13. The summed E-state index contributed by atoms with van der Waals surface area (Å²) in [7, 11) is 0. The number of aliphatic hydroxyl groups is 1. The van der Waals surface area contributed by atoms with Crippen LogP contribution in [0.3, 0.4) is 0 Å². The van der Waals surface area contributed by atoms with Crippen LogP contribution in [-0.4, -0.2) is 29.9 Å². The van der Waals surface area contributed by atoms with E-state index in [9.17, 15) is 4.79 Å². The molecule has 0 aromatic heterocycles. The summed E-state index contributed by atoms with van der Waals surface area (Å²) in [6.45, 7) is 3.88. The van der Waals surface area contributed by atoms with E-state index in [0.29, 0.717) is 22.9 Å². The van der Waals surface area contributed by atoms with Gasteiger partial charge in [-0.15, -0.1) is 0 Å². The number of nitrogens with one attached hydrogen (secondary N) is 2. The van der Waals surface area contributed by atoms with Crippen molar-refractivity contribution < 1.29 is 14.6 Å². The van der Waals surface area contributed by atoms with E-state index in [1.807, 2.05) is 26.0 Å². The van der Waals surface area contributed by atoms with Gasteiger partial charge in [-0.05, 0) is 32.4 Å². The maximum atomic E-state index is 12.1. The van der Waals surface area contributed by atoms with Crippen molar-refractivity contribution in [2.75, 3.05) is 11.9 Å². The highest BCUT2D eigenvalue weighted by Crippen LogP contribution is 2.33. The molecule has 22 heavy (non-hydrogen) atoms. The van der Waals surface area contributed by atoms with Gasteiger partial charge in [0, 0.05) is 18.6 Å². The molecule has 5 nitrogen and oxygen atoms in total. The van der Waals surface area contributed by atoms with E-state index >= 15 is 0 Å². The zero-order valence-corrected chi connectivity index (χ0v) is 13.4. The highest BCUT2D eigenvalue weighted by atomic mass is 35.5. The first-order valence-electron chi connectivity index (χ1n) is 7.31. The molecular weight excluding hydrogens is 304 g/mol. The summed E-state index contributed by atoms with van der Waals surface area (Å²) in [6.07, 6.45) is 4.46. The first-order chi connectivity index (χ1) is 10.5. The monoisotopic (exact) mass is 324 g/mol. The smallest absolute Gasteiger partial charge is 0.319 e. The molecule has 120 valence electrons. The topological polar surface area (TPSA) is 70.6 Å². The van der Waals surface area contributed by atoms with Gasteiger partial charge in [0.15, 0.2) is 5.75 Å². The Morgan fingerprint density at radius 2 is 2.23 bits per heavy atom. The van der Waals surface area contributed by atoms with E-state index in [1.165, 1.54) is 0 Å². The molecule has 0 unspecified atom stereocenters. The summed E-state index contributed by atoms with van der Waals surface area (Å²) in [6, 6.07) is 4.80. The van der Waals surface area contributed by atoms with Crippen molar-refractivity contribution in [3.05, 3.63) is 35.4 Å². The number of anilines is 1. The molecule has 1 aromatic carbocycles. The minimum atomic E-state index is -0.330. The lowest BCUT2D eigenvalue weighted by Gasteiger charge is -2.18. The fourth-order valence-electron chi connectivity index (χ4n) is 2.31. The number of hydrogen-bond donors (Lipinski definition) is 3. The number of urea groups is 1. The van der Waals surface area contributed by atoms with Crippen molar-refractivity contribution in [3.63, 3.8) is 0 Å². The molecule has 0 bridgehead atoms. The van der Waals surface area contributed by atoms with Crippen LogP contribution < -0.4 is 15.4 Å². The maximum Gasteiger partial charge on any atom is 0.319 e. The lowest BCUT2D eigenvalue weighted by Crippen LogP contribution is -2.36. The second-order valence-electron chi connectivity index (χ2n) is 5.55. The molecule has 0 radical (unpaired) electrons. The Morgan fingerprint density at radius 1 is 1.45 bits per heavy atom. The Kier molecular flexibility index (Phi) is 5.69. The number of hydrogen-bond acceptors (Lipinski definition) is 3. The van der Waals surface area contributed by atoms with Crippen molar-refractivity contribution in [1.29, 1.82) is 0 Å². The molecule has 1 aromatic rings. The number of benzene rings is 1. The molecule has 0 spiro atoms. The van der Waals surface area contributed by atoms with Crippen molar-refractivity contribution in [2.24, 2.45) is 5.92 Å². The third-order valence-electron chi connectivity index (χ3n) is 3.29. The van der Waals surface area contributed by atoms with Crippen molar-refractivity contribution in [2.45, 2.75) is 32.4 Å². The molecular formula is C16H21ClN2O3. The SMILES string of the molecule is CC(C)Oc1c(Cl)cccc1NC(=O)N[C@@H]1C=C[C@H](CO)C1. The van der Waals surface area contributed by atoms with Gasteiger partial charge >= 0.3 is 6.03 Å². The number of carbonyl (C=O) groups excluding carboxylic acids is 1. The Balaban J connectivity index is 2.00. The van der Waals surface area contributed by atoms with Crippen LogP contribution in [0.15, 0.2) is 30.4 Å². The summed E-state index contributed by atoms with van der Waals surface area (Å²) in [5, 5.41) is 15.2. The highest BCUT2D eigenvalue weighted by Gasteiger charge is 2.20. The van der Waals surface area contributed by atoms with Gasteiger partial charge in [-0.1, -0.05) is 29.8 Å². The molecule has 2 rings (SSSR count). The molecule has 1 aliphatic carbocycles. The van der Waals surface area contributed by atoms with Crippen LogP contribution in [0.5, 0.6) is 5.75 Å². The number of carbonyl (C=O) groups is 1. The number of rotatable bonds is 5. The molecule has 1 aliphatic rings. The average molecular weight is 325 g/mol.